The lowest BCUT2D eigenvalue weighted by Gasteiger charge is -2.32. The van der Waals surface area contributed by atoms with Gasteiger partial charge in [0.1, 0.15) is 5.82 Å². The molecule has 0 N–H and O–H groups in total. The van der Waals surface area contributed by atoms with Gasteiger partial charge < -0.3 is 9.31 Å². The standard InChI is InChI=1S/C29H29BN2O2/c1-28(2)29(3,4)34-30(33-28)24-14-11-17-26(21-24)32(25-15-9-6-10-16-25)27-20-23(18-19-31-27)22-12-7-5-8-13-22/h5-21H,1-4H3. The first-order chi connectivity index (χ1) is 16.3. The lowest BCUT2D eigenvalue weighted by atomic mass is 9.79. The van der Waals surface area contributed by atoms with Crippen LogP contribution in [0.2, 0.25) is 0 Å². The summed E-state index contributed by atoms with van der Waals surface area (Å²) in [5.41, 5.74) is 4.51. The Hall–Kier alpha value is -3.41. The molecule has 1 fully saturated rings. The molecule has 1 aromatic heterocycles. The average Bonchev–Trinajstić information content (AvgIpc) is 3.08. The molecule has 1 aliphatic heterocycles. The van der Waals surface area contributed by atoms with Gasteiger partial charge in [-0.05, 0) is 80.7 Å². The zero-order chi connectivity index (χ0) is 23.8. The van der Waals surface area contributed by atoms with E-state index < -0.39 is 18.3 Å². The maximum absolute atomic E-state index is 6.32. The number of hydrogen-bond donors (Lipinski definition) is 0. The summed E-state index contributed by atoms with van der Waals surface area (Å²) >= 11 is 0. The Labute approximate surface area is 202 Å². The first kappa shape index (κ1) is 22.4. The van der Waals surface area contributed by atoms with Crippen molar-refractivity contribution in [1.82, 2.24) is 4.98 Å². The van der Waals surface area contributed by atoms with Crippen LogP contribution in [0.5, 0.6) is 0 Å². The summed E-state index contributed by atoms with van der Waals surface area (Å²) in [6, 6.07) is 33.2. The summed E-state index contributed by atoms with van der Waals surface area (Å²) in [6.45, 7) is 8.30. The van der Waals surface area contributed by atoms with Crippen molar-refractivity contribution in [2.75, 3.05) is 4.90 Å². The number of hydrogen-bond acceptors (Lipinski definition) is 4. The van der Waals surface area contributed by atoms with Crippen molar-refractivity contribution in [3.63, 3.8) is 0 Å². The van der Waals surface area contributed by atoms with E-state index >= 15 is 0 Å². The molecule has 4 aromatic rings. The minimum absolute atomic E-state index is 0.391. The van der Waals surface area contributed by atoms with Crippen LogP contribution in [0, 0.1) is 0 Å². The minimum Gasteiger partial charge on any atom is -0.399 e. The normalized spacial score (nSPS) is 16.4. The van der Waals surface area contributed by atoms with Crippen molar-refractivity contribution in [3.05, 3.63) is 103 Å². The zero-order valence-corrected chi connectivity index (χ0v) is 20.1. The van der Waals surface area contributed by atoms with Gasteiger partial charge in [-0.15, -0.1) is 0 Å². The molecule has 3 aromatic carbocycles. The van der Waals surface area contributed by atoms with Crippen molar-refractivity contribution < 1.29 is 9.31 Å². The van der Waals surface area contributed by atoms with E-state index in [4.69, 9.17) is 14.3 Å². The van der Waals surface area contributed by atoms with Crippen LogP contribution in [-0.4, -0.2) is 23.3 Å². The molecule has 0 bridgehead atoms. The Bertz CT molecular complexity index is 1260. The van der Waals surface area contributed by atoms with Crippen LogP contribution in [0.15, 0.2) is 103 Å². The first-order valence-corrected chi connectivity index (χ1v) is 11.7. The monoisotopic (exact) mass is 448 g/mol. The number of benzene rings is 3. The second-order valence-electron chi connectivity index (χ2n) is 9.62. The Morgan fingerprint density at radius 3 is 1.94 bits per heavy atom. The molecule has 170 valence electrons. The van der Waals surface area contributed by atoms with E-state index in [0.717, 1.165) is 33.8 Å². The molecule has 5 rings (SSSR count). The predicted octanol–water partition coefficient (Wildman–Crippen LogP) is 6.52. The molecule has 0 spiro atoms. The second-order valence-corrected chi connectivity index (χ2v) is 9.62. The fourth-order valence-corrected chi connectivity index (χ4v) is 4.13. The van der Waals surface area contributed by atoms with Crippen molar-refractivity contribution in [2.24, 2.45) is 0 Å². The first-order valence-electron chi connectivity index (χ1n) is 11.7. The van der Waals surface area contributed by atoms with Gasteiger partial charge in [0.2, 0.25) is 0 Å². The Morgan fingerprint density at radius 1 is 0.647 bits per heavy atom. The van der Waals surface area contributed by atoms with E-state index in [9.17, 15) is 0 Å². The van der Waals surface area contributed by atoms with Crippen LogP contribution >= 0.6 is 0 Å². The van der Waals surface area contributed by atoms with Gasteiger partial charge in [0.05, 0.1) is 11.2 Å². The molecule has 0 unspecified atom stereocenters. The fourth-order valence-electron chi connectivity index (χ4n) is 4.13. The van der Waals surface area contributed by atoms with Gasteiger partial charge in [-0.3, -0.25) is 4.90 Å². The van der Waals surface area contributed by atoms with Gasteiger partial charge in [0.15, 0.2) is 0 Å². The van der Waals surface area contributed by atoms with Crippen LogP contribution in [0.4, 0.5) is 17.2 Å². The molecule has 0 atom stereocenters. The summed E-state index contributed by atoms with van der Waals surface area (Å²) in [6.07, 6.45) is 1.87. The van der Waals surface area contributed by atoms with Crippen LogP contribution in [0.3, 0.4) is 0 Å². The summed E-state index contributed by atoms with van der Waals surface area (Å²) in [4.78, 5) is 6.92. The fraction of sp³-hybridized carbons (Fsp3) is 0.207. The van der Waals surface area contributed by atoms with Crippen LogP contribution in [0.1, 0.15) is 27.7 Å². The molecular weight excluding hydrogens is 419 g/mol. The third-order valence-electron chi connectivity index (χ3n) is 6.75. The van der Waals surface area contributed by atoms with Crippen molar-refractivity contribution in [3.8, 4) is 11.1 Å². The Balaban J connectivity index is 1.57. The van der Waals surface area contributed by atoms with E-state index in [2.05, 4.69) is 93.3 Å². The highest BCUT2D eigenvalue weighted by molar-refractivity contribution is 6.62. The summed E-state index contributed by atoms with van der Waals surface area (Å²) in [5.74, 6) is 0.846. The van der Waals surface area contributed by atoms with Gasteiger partial charge in [-0.1, -0.05) is 60.7 Å². The molecule has 0 aliphatic carbocycles. The maximum atomic E-state index is 6.32. The predicted molar refractivity (Wildman–Crippen MR) is 140 cm³/mol. The molecule has 5 heteroatoms. The Morgan fingerprint density at radius 2 is 1.26 bits per heavy atom. The molecule has 1 aliphatic rings. The second kappa shape index (κ2) is 8.75. The van der Waals surface area contributed by atoms with E-state index in [0.29, 0.717) is 0 Å². The highest BCUT2D eigenvalue weighted by Gasteiger charge is 2.51. The molecule has 4 nitrogen and oxygen atoms in total. The summed E-state index contributed by atoms with van der Waals surface area (Å²) < 4.78 is 12.6. The largest absolute Gasteiger partial charge is 0.494 e. The molecule has 0 amide bonds. The van der Waals surface area contributed by atoms with Crippen molar-refractivity contribution in [2.45, 2.75) is 38.9 Å². The molecule has 1 saturated heterocycles. The van der Waals surface area contributed by atoms with Gasteiger partial charge >= 0.3 is 7.12 Å². The average molecular weight is 448 g/mol. The summed E-state index contributed by atoms with van der Waals surface area (Å²) in [7, 11) is -0.425. The van der Waals surface area contributed by atoms with Gasteiger partial charge in [0.25, 0.3) is 0 Å². The van der Waals surface area contributed by atoms with Gasteiger partial charge in [-0.25, -0.2) is 4.98 Å². The number of nitrogens with zero attached hydrogens (tertiary/aromatic N) is 2. The van der Waals surface area contributed by atoms with E-state index in [1.165, 1.54) is 0 Å². The lowest BCUT2D eigenvalue weighted by molar-refractivity contribution is 0.00578. The van der Waals surface area contributed by atoms with Crippen molar-refractivity contribution in [1.29, 1.82) is 0 Å². The maximum Gasteiger partial charge on any atom is 0.494 e. The lowest BCUT2D eigenvalue weighted by Crippen LogP contribution is -2.41. The van der Waals surface area contributed by atoms with E-state index in [1.54, 1.807) is 0 Å². The molecule has 0 saturated carbocycles. The topological polar surface area (TPSA) is 34.6 Å². The van der Waals surface area contributed by atoms with E-state index in [1.807, 2.05) is 42.6 Å². The number of pyridine rings is 1. The number of para-hydroxylation sites is 1. The Kier molecular flexibility index (Phi) is 5.76. The number of anilines is 3. The van der Waals surface area contributed by atoms with Crippen LogP contribution in [-0.2, 0) is 9.31 Å². The zero-order valence-electron chi connectivity index (χ0n) is 20.1. The number of rotatable bonds is 5. The van der Waals surface area contributed by atoms with Gasteiger partial charge in [0, 0.05) is 17.6 Å². The summed E-state index contributed by atoms with van der Waals surface area (Å²) in [5, 5.41) is 0. The minimum atomic E-state index is -0.425. The molecular formula is C29H29BN2O2. The quantitative estimate of drug-likeness (QED) is 0.326. The molecule has 34 heavy (non-hydrogen) atoms. The van der Waals surface area contributed by atoms with Crippen LogP contribution < -0.4 is 10.4 Å². The SMILES string of the molecule is CC1(C)OB(c2cccc(N(c3ccccc3)c3cc(-c4ccccc4)ccn3)c2)OC1(C)C. The third kappa shape index (κ3) is 4.25. The molecule has 0 radical (unpaired) electrons. The highest BCUT2D eigenvalue weighted by Crippen LogP contribution is 2.38. The van der Waals surface area contributed by atoms with Crippen molar-refractivity contribution >= 4 is 29.8 Å². The number of aromatic nitrogens is 1. The van der Waals surface area contributed by atoms with Gasteiger partial charge in [-0.2, -0.15) is 0 Å². The third-order valence-corrected chi connectivity index (χ3v) is 6.75. The van der Waals surface area contributed by atoms with Crippen LogP contribution in [0.25, 0.3) is 11.1 Å². The van der Waals surface area contributed by atoms with E-state index in [-0.39, 0.29) is 0 Å². The highest BCUT2D eigenvalue weighted by atomic mass is 16.7. The molecule has 2 heterocycles. The smallest absolute Gasteiger partial charge is 0.399 e.